The van der Waals surface area contributed by atoms with E-state index in [1.54, 1.807) is 23.5 Å². The lowest BCUT2D eigenvalue weighted by Gasteiger charge is -2.34. The van der Waals surface area contributed by atoms with Crippen molar-refractivity contribution in [3.8, 4) is 0 Å². The van der Waals surface area contributed by atoms with Gasteiger partial charge in [-0.1, -0.05) is 6.07 Å². The largest absolute Gasteiger partial charge is 0.329 e. The second-order valence-corrected chi connectivity index (χ2v) is 8.77. The summed E-state index contributed by atoms with van der Waals surface area (Å²) in [6, 6.07) is 7.57. The number of anilines is 2. The minimum Gasteiger partial charge on any atom is -0.329 e. The van der Waals surface area contributed by atoms with Gasteiger partial charge in [0.25, 0.3) is 0 Å². The summed E-state index contributed by atoms with van der Waals surface area (Å²) >= 11 is 1.57. The Morgan fingerprint density at radius 3 is 2.74 bits per heavy atom. The highest BCUT2D eigenvalue weighted by atomic mass is 32.1. The third-order valence-corrected chi connectivity index (χ3v) is 5.93. The van der Waals surface area contributed by atoms with Crippen LogP contribution >= 0.6 is 11.3 Å². The molecule has 0 spiro atoms. The number of carbonyl (C=O) groups is 1. The second kappa shape index (κ2) is 9.34. The fourth-order valence-corrected chi connectivity index (χ4v) is 4.30. The van der Waals surface area contributed by atoms with Gasteiger partial charge in [0.1, 0.15) is 11.6 Å². The van der Waals surface area contributed by atoms with E-state index in [2.05, 4.69) is 20.3 Å². The summed E-state index contributed by atoms with van der Waals surface area (Å²) in [6.07, 6.45) is 6.27. The molecule has 4 heterocycles. The van der Waals surface area contributed by atoms with Crippen LogP contribution in [-0.2, 0) is 4.79 Å². The zero-order valence-electron chi connectivity index (χ0n) is 18.0. The van der Waals surface area contributed by atoms with E-state index in [0.29, 0.717) is 18.2 Å². The molecule has 0 radical (unpaired) electrons. The molecule has 0 aliphatic carbocycles. The number of likely N-dealkylation sites (tertiary alicyclic amines) is 1. The van der Waals surface area contributed by atoms with Crippen LogP contribution in [0.4, 0.5) is 11.6 Å². The Balaban J connectivity index is 1.56. The van der Waals surface area contributed by atoms with E-state index in [0.717, 1.165) is 47.2 Å². The summed E-state index contributed by atoms with van der Waals surface area (Å²) in [5.41, 5.74) is 2.60. The maximum absolute atomic E-state index is 13.0. The minimum atomic E-state index is -0.144. The molecule has 0 unspecified atom stereocenters. The molecular weight excluding hydrogens is 408 g/mol. The zero-order valence-corrected chi connectivity index (χ0v) is 18.8. The number of hydrogen-bond donors (Lipinski definition) is 1. The molecule has 3 aromatic rings. The summed E-state index contributed by atoms with van der Waals surface area (Å²) < 4.78 is 0. The van der Waals surface area contributed by atoms with Crippen molar-refractivity contribution in [3.63, 3.8) is 0 Å². The highest BCUT2D eigenvalue weighted by Gasteiger charge is 2.29. The van der Waals surface area contributed by atoms with Gasteiger partial charge >= 0.3 is 0 Å². The topological polar surface area (TPSA) is 83.9 Å². The van der Waals surface area contributed by atoms with Gasteiger partial charge in [0, 0.05) is 35.5 Å². The number of aryl methyl sites for hydroxylation is 3. The molecule has 4 rings (SSSR count). The van der Waals surface area contributed by atoms with Crippen LogP contribution in [0, 0.1) is 20.8 Å². The summed E-state index contributed by atoms with van der Waals surface area (Å²) in [6.45, 7) is 6.55. The molecule has 8 heteroatoms. The van der Waals surface area contributed by atoms with Crippen molar-refractivity contribution in [3.05, 3.63) is 63.6 Å². The van der Waals surface area contributed by atoms with E-state index >= 15 is 0 Å². The maximum atomic E-state index is 13.0. The van der Waals surface area contributed by atoms with Crippen LogP contribution in [0.3, 0.4) is 0 Å². The summed E-state index contributed by atoms with van der Waals surface area (Å²) in [5.74, 6) is 2.06. The smallest absolute Gasteiger partial charge is 0.247 e. The average Bonchev–Trinajstić information content (AvgIpc) is 3.17. The molecule has 1 saturated heterocycles. The van der Waals surface area contributed by atoms with Crippen LogP contribution in [0.5, 0.6) is 0 Å². The zero-order chi connectivity index (χ0) is 21.8. The van der Waals surface area contributed by atoms with Gasteiger partial charge in [-0.2, -0.15) is 0 Å². The number of aromatic nitrogens is 4. The molecule has 1 aliphatic rings. The second-order valence-electron chi connectivity index (χ2n) is 7.71. The first-order valence-corrected chi connectivity index (χ1v) is 11.3. The number of hydrogen-bond acceptors (Lipinski definition) is 7. The average molecular weight is 435 g/mol. The molecule has 0 saturated carbocycles. The Morgan fingerprint density at radius 2 is 1.97 bits per heavy atom. The summed E-state index contributed by atoms with van der Waals surface area (Å²) in [4.78, 5) is 33.2. The predicted octanol–water partition coefficient (Wildman–Crippen LogP) is 4.76. The number of pyridine rings is 1. The summed E-state index contributed by atoms with van der Waals surface area (Å²) in [7, 11) is 0. The van der Waals surface area contributed by atoms with Crippen LogP contribution < -0.4 is 5.32 Å². The van der Waals surface area contributed by atoms with Gasteiger partial charge < -0.3 is 10.2 Å². The first-order chi connectivity index (χ1) is 15.0. The lowest BCUT2D eigenvalue weighted by molar-refractivity contribution is -0.129. The Kier molecular flexibility index (Phi) is 6.36. The number of thiazole rings is 1. The van der Waals surface area contributed by atoms with Crippen LogP contribution in [0.2, 0.25) is 0 Å². The maximum Gasteiger partial charge on any atom is 0.247 e. The van der Waals surface area contributed by atoms with E-state index in [1.807, 2.05) is 55.3 Å². The highest BCUT2D eigenvalue weighted by molar-refractivity contribution is 7.09. The SMILES string of the molecule is Cc1cccc(Nc2cc(C)nc([C@@H]3CCCCN3C(=O)/C=C/c3csc(C)n3)n2)n1. The third-order valence-electron chi connectivity index (χ3n) is 5.13. The van der Waals surface area contributed by atoms with Crippen molar-refractivity contribution in [1.82, 2.24) is 24.8 Å². The van der Waals surface area contributed by atoms with Gasteiger partial charge in [0.2, 0.25) is 5.91 Å². The molecular formula is C23H26N6OS. The van der Waals surface area contributed by atoms with E-state index in [1.165, 1.54) is 0 Å². The van der Waals surface area contributed by atoms with Crippen molar-refractivity contribution >= 4 is 35.0 Å². The van der Waals surface area contributed by atoms with Crippen LogP contribution in [0.1, 0.15) is 53.2 Å². The normalized spacial score (nSPS) is 16.6. The highest BCUT2D eigenvalue weighted by Crippen LogP contribution is 2.30. The van der Waals surface area contributed by atoms with Gasteiger partial charge in [-0.15, -0.1) is 11.3 Å². The van der Waals surface area contributed by atoms with E-state index in [4.69, 9.17) is 4.98 Å². The minimum absolute atomic E-state index is 0.0321. The molecule has 7 nitrogen and oxygen atoms in total. The van der Waals surface area contributed by atoms with E-state index < -0.39 is 0 Å². The number of carbonyl (C=O) groups excluding carboxylic acids is 1. The molecule has 31 heavy (non-hydrogen) atoms. The molecule has 0 aromatic carbocycles. The van der Waals surface area contributed by atoms with Gasteiger partial charge in [-0.3, -0.25) is 4.79 Å². The lowest BCUT2D eigenvalue weighted by atomic mass is 10.0. The molecule has 1 aliphatic heterocycles. The first-order valence-electron chi connectivity index (χ1n) is 10.4. The first kappa shape index (κ1) is 21.1. The van der Waals surface area contributed by atoms with Gasteiger partial charge in [0.05, 0.1) is 16.7 Å². The molecule has 1 atom stereocenters. The predicted molar refractivity (Wildman–Crippen MR) is 123 cm³/mol. The molecule has 1 N–H and O–H groups in total. The molecule has 160 valence electrons. The Morgan fingerprint density at radius 1 is 1.10 bits per heavy atom. The lowest BCUT2D eigenvalue weighted by Crippen LogP contribution is -2.38. The van der Waals surface area contributed by atoms with Crippen molar-refractivity contribution < 1.29 is 4.79 Å². The van der Waals surface area contributed by atoms with Gasteiger partial charge in [-0.25, -0.2) is 19.9 Å². The fraction of sp³-hybridized carbons (Fsp3) is 0.348. The van der Waals surface area contributed by atoms with Crippen molar-refractivity contribution in [2.75, 3.05) is 11.9 Å². The van der Waals surface area contributed by atoms with Crippen molar-refractivity contribution in [1.29, 1.82) is 0 Å². The van der Waals surface area contributed by atoms with Gasteiger partial charge in [-0.05, 0) is 58.2 Å². The molecule has 1 fully saturated rings. The third kappa shape index (κ3) is 5.32. The monoisotopic (exact) mass is 434 g/mol. The van der Waals surface area contributed by atoms with E-state index in [9.17, 15) is 4.79 Å². The Labute approximate surface area is 186 Å². The van der Waals surface area contributed by atoms with E-state index in [-0.39, 0.29) is 11.9 Å². The molecule has 0 bridgehead atoms. The number of nitrogens with zero attached hydrogens (tertiary/aromatic N) is 5. The number of nitrogens with one attached hydrogen (secondary N) is 1. The Bertz CT molecular complexity index is 1110. The van der Waals surface area contributed by atoms with Crippen molar-refractivity contribution in [2.24, 2.45) is 0 Å². The number of piperidine rings is 1. The van der Waals surface area contributed by atoms with Crippen LogP contribution in [-0.4, -0.2) is 37.3 Å². The van der Waals surface area contributed by atoms with Crippen molar-refractivity contribution in [2.45, 2.75) is 46.1 Å². The fourth-order valence-electron chi connectivity index (χ4n) is 3.72. The summed E-state index contributed by atoms with van der Waals surface area (Å²) in [5, 5.41) is 6.21. The standard InChI is InChI=1S/C23H26N6OS/c1-15-7-6-9-20(24-15)27-21-13-16(2)25-23(28-21)19-8-4-5-12-29(19)22(30)11-10-18-14-31-17(3)26-18/h6-7,9-11,13-14,19H,4-5,8,12H2,1-3H3,(H,24,25,27,28)/b11-10+/t19-/m0/s1. The molecule has 3 aromatic heterocycles. The quantitative estimate of drug-likeness (QED) is 0.583. The Hall–Kier alpha value is -3.13. The van der Waals surface area contributed by atoms with Gasteiger partial charge in [0.15, 0.2) is 5.82 Å². The number of rotatable bonds is 5. The molecule has 1 amide bonds. The number of amides is 1. The van der Waals surface area contributed by atoms with Crippen LogP contribution in [0.25, 0.3) is 6.08 Å². The van der Waals surface area contributed by atoms with Crippen LogP contribution in [0.15, 0.2) is 35.7 Å².